The predicted molar refractivity (Wildman–Crippen MR) is 49.1 cm³/mol. The first-order chi connectivity index (χ1) is 6.70. The van der Waals surface area contributed by atoms with Crippen molar-refractivity contribution in [3.05, 3.63) is 11.3 Å². The number of carbonyl (C=O) groups is 2. The molecule has 0 aromatic heterocycles. The molecular weight excluding hydrogens is 204 g/mol. The average Bonchev–Trinajstić information content (AvgIpc) is 2.57. The molecule has 0 aliphatic carbocycles. The second-order valence-corrected chi connectivity index (χ2v) is 4.57. The minimum absolute atomic E-state index is 0.0631. The Hall–Kier alpha value is -1.01. The van der Waals surface area contributed by atoms with Crippen LogP contribution in [0, 0.1) is 0 Å². The summed E-state index contributed by atoms with van der Waals surface area (Å²) >= 11 is 1.59. The number of cyclic esters (lactones) is 1. The van der Waals surface area contributed by atoms with Crippen LogP contribution >= 0.6 is 11.8 Å². The van der Waals surface area contributed by atoms with Crippen LogP contribution in [0.2, 0.25) is 0 Å². The van der Waals surface area contributed by atoms with Gasteiger partial charge in [-0.15, -0.1) is 11.8 Å². The third-order valence-electron chi connectivity index (χ3n) is 2.66. The highest BCUT2D eigenvalue weighted by atomic mass is 32.2. The Balaban J connectivity index is 2.02. The van der Waals surface area contributed by atoms with Crippen molar-refractivity contribution < 1.29 is 14.3 Å². The second-order valence-electron chi connectivity index (χ2n) is 3.46. The number of hydrogen-bond acceptors (Lipinski definition) is 5. The van der Waals surface area contributed by atoms with Gasteiger partial charge in [0.05, 0.1) is 0 Å². The molecule has 3 aliphatic heterocycles. The number of nitrogens with two attached hydrogens (primary N) is 1. The quantitative estimate of drug-likeness (QED) is 0.413. The van der Waals surface area contributed by atoms with Gasteiger partial charge < -0.3 is 10.5 Å². The zero-order valence-electron chi connectivity index (χ0n) is 7.23. The summed E-state index contributed by atoms with van der Waals surface area (Å²) in [5, 5.41) is -0.0631. The van der Waals surface area contributed by atoms with Crippen molar-refractivity contribution in [3.63, 3.8) is 0 Å². The number of nitrogens with zero attached hydrogens (tertiary/aromatic N) is 1. The molecule has 0 radical (unpaired) electrons. The zero-order valence-corrected chi connectivity index (χ0v) is 8.04. The third kappa shape index (κ3) is 0.802. The first-order valence-corrected chi connectivity index (χ1v) is 5.34. The molecule has 3 aliphatic rings. The molecule has 3 rings (SSSR count). The normalized spacial score (nSPS) is 35.1. The third-order valence-corrected chi connectivity index (χ3v) is 4.02. The van der Waals surface area contributed by atoms with Gasteiger partial charge in [-0.25, -0.2) is 4.79 Å². The molecule has 1 saturated heterocycles. The lowest BCUT2D eigenvalue weighted by molar-refractivity contribution is -0.148. The van der Waals surface area contributed by atoms with E-state index < -0.39 is 6.04 Å². The summed E-state index contributed by atoms with van der Waals surface area (Å²) in [5.41, 5.74) is 6.98. The van der Waals surface area contributed by atoms with Crippen molar-refractivity contribution in [1.82, 2.24) is 4.90 Å². The SMILES string of the molecule is N[C@@H]1C(=O)N2C3=C(COC3=O)CSC12. The van der Waals surface area contributed by atoms with Crippen LogP contribution in [0.4, 0.5) is 0 Å². The molecule has 5 nitrogen and oxygen atoms in total. The zero-order chi connectivity index (χ0) is 9.87. The van der Waals surface area contributed by atoms with Crippen molar-refractivity contribution in [3.8, 4) is 0 Å². The van der Waals surface area contributed by atoms with E-state index in [9.17, 15) is 9.59 Å². The molecule has 0 spiro atoms. The van der Waals surface area contributed by atoms with E-state index in [2.05, 4.69) is 0 Å². The standard InChI is InChI=1S/C8H8N2O3S/c9-4-6(11)10-5-3(1-13-8(5)12)2-14-7(4)10/h4,7H,1-2,9H2/t4-,7?/m1/s1. The number of fused-ring (bicyclic) bond motifs is 2. The van der Waals surface area contributed by atoms with Crippen LogP contribution in [0.3, 0.4) is 0 Å². The largest absolute Gasteiger partial charge is 0.456 e. The molecule has 0 aromatic carbocycles. The minimum atomic E-state index is -0.456. The fourth-order valence-corrected chi connectivity index (χ4v) is 3.17. The number of ether oxygens (including phenoxy) is 1. The van der Waals surface area contributed by atoms with Crippen LogP contribution in [0.15, 0.2) is 11.3 Å². The van der Waals surface area contributed by atoms with Crippen LogP contribution in [0.5, 0.6) is 0 Å². The van der Waals surface area contributed by atoms with Crippen LogP contribution in [0.25, 0.3) is 0 Å². The lowest BCUT2D eigenvalue weighted by Crippen LogP contribution is -2.68. The van der Waals surface area contributed by atoms with Gasteiger partial charge in [0.15, 0.2) is 0 Å². The van der Waals surface area contributed by atoms with Crippen molar-refractivity contribution in [2.75, 3.05) is 12.4 Å². The van der Waals surface area contributed by atoms with Gasteiger partial charge in [0.2, 0.25) is 5.91 Å². The Morgan fingerprint density at radius 2 is 2.29 bits per heavy atom. The number of hydrogen-bond donors (Lipinski definition) is 1. The molecular formula is C8H8N2O3S. The van der Waals surface area contributed by atoms with Gasteiger partial charge in [-0.05, 0) is 0 Å². The summed E-state index contributed by atoms with van der Waals surface area (Å²) in [6.45, 7) is 0.326. The van der Waals surface area contributed by atoms with E-state index in [1.165, 1.54) is 4.90 Å². The maximum absolute atomic E-state index is 11.4. The smallest absolute Gasteiger partial charge is 0.355 e. The van der Waals surface area contributed by atoms with E-state index in [0.717, 1.165) is 11.3 Å². The fourth-order valence-electron chi connectivity index (χ4n) is 1.90. The van der Waals surface area contributed by atoms with E-state index in [-0.39, 0.29) is 17.3 Å². The maximum Gasteiger partial charge on any atom is 0.355 e. The molecule has 74 valence electrons. The second kappa shape index (κ2) is 2.52. The summed E-state index contributed by atoms with van der Waals surface area (Å²) in [7, 11) is 0. The monoisotopic (exact) mass is 212 g/mol. The molecule has 0 aromatic rings. The van der Waals surface area contributed by atoms with Crippen LogP contribution in [-0.2, 0) is 14.3 Å². The van der Waals surface area contributed by atoms with Crippen LogP contribution < -0.4 is 5.73 Å². The van der Waals surface area contributed by atoms with Crippen molar-refractivity contribution in [2.45, 2.75) is 11.4 Å². The summed E-state index contributed by atoms with van der Waals surface area (Å²) in [6.07, 6.45) is 0. The number of β-lactam (4-membered cyclic amide) rings is 1. The molecule has 6 heteroatoms. The minimum Gasteiger partial charge on any atom is -0.456 e. The molecule has 14 heavy (non-hydrogen) atoms. The number of thioether (sulfide) groups is 1. The summed E-state index contributed by atoms with van der Waals surface area (Å²) in [5.74, 6) is 0.183. The van der Waals surface area contributed by atoms with Gasteiger partial charge >= 0.3 is 5.97 Å². The predicted octanol–water partition coefficient (Wildman–Crippen LogP) is -0.960. The molecule has 2 N–H and O–H groups in total. The highest BCUT2D eigenvalue weighted by Gasteiger charge is 2.53. The van der Waals surface area contributed by atoms with Gasteiger partial charge in [-0.3, -0.25) is 9.69 Å². The molecule has 1 fully saturated rings. The Morgan fingerprint density at radius 1 is 1.50 bits per heavy atom. The first-order valence-electron chi connectivity index (χ1n) is 4.29. The Labute approximate surface area is 84.2 Å². The van der Waals surface area contributed by atoms with Gasteiger partial charge in [-0.1, -0.05) is 0 Å². The van der Waals surface area contributed by atoms with Crippen molar-refractivity contribution in [2.24, 2.45) is 5.73 Å². The van der Waals surface area contributed by atoms with E-state index in [4.69, 9.17) is 10.5 Å². The van der Waals surface area contributed by atoms with Crippen molar-refractivity contribution >= 4 is 23.6 Å². The Morgan fingerprint density at radius 3 is 3.07 bits per heavy atom. The van der Waals surface area contributed by atoms with Crippen molar-refractivity contribution in [1.29, 1.82) is 0 Å². The maximum atomic E-state index is 11.4. The summed E-state index contributed by atoms with van der Waals surface area (Å²) in [4.78, 5) is 24.2. The van der Waals surface area contributed by atoms with Gasteiger partial charge in [0.1, 0.15) is 23.7 Å². The Kier molecular flexibility index (Phi) is 1.49. The summed E-state index contributed by atoms with van der Waals surface area (Å²) < 4.78 is 4.88. The molecule has 2 atom stereocenters. The van der Waals surface area contributed by atoms with E-state index >= 15 is 0 Å². The molecule has 0 bridgehead atoms. The molecule has 0 saturated carbocycles. The van der Waals surface area contributed by atoms with Gasteiger partial charge in [0, 0.05) is 11.3 Å². The van der Waals surface area contributed by atoms with E-state index in [1.807, 2.05) is 0 Å². The fraction of sp³-hybridized carbons (Fsp3) is 0.500. The van der Waals surface area contributed by atoms with Gasteiger partial charge in [0.25, 0.3) is 0 Å². The lowest BCUT2D eigenvalue weighted by Gasteiger charge is -2.46. The average molecular weight is 212 g/mol. The molecule has 3 heterocycles. The van der Waals surface area contributed by atoms with Crippen LogP contribution in [0.1, 0.15) is 0 Å². The number of carbonyl (C=O) groups excluding carboxylic acids is 2. The first kappa shape index (κ1) is 8.31. The molecule has 1 unspecified atom stereocenters. The molecule has 1 amide bonds. The Bertz CT molecular complexity index is 379. The number of esters is 1. The van der Waals surface area contributed by atoms with E-state index in [1.54, 1.807) is 11.8 Å². The highest BCUT2D eigenvalue weighted by molar-refractivity contribution is 8.00. The number of rotatable bonds is 0. The van der Waals surface area contributed by atoms with Gasteiger partial charge in [-0.2, -0.15) is 0 Å². The van der Waals surface area contributed by atoms with E-state index in [0.29, 0.717) is 12.3 Å². The summed E-state index contributed by atoms with van der Waals surface area (Å²) in [6, 6.07) is -0.456. The van der Waals surface area contributed by atoms with Crippen LogP contribution in [-0.4, -0.2) is 40.6 Å². The highest BCUT2D eigenvalue weighted by Crippen LogP contribution is 2.41. The topological polar surface area (TPSA) is 72.6 Å². The lowest BCUT2D eigenvalue weighted by atomic mass is 10.1. The number of amides is 1.